The number of carbonyl (C=O) groups is 1. The molecule has 0 heterocycles. The van der Waals surface area contributed by atoms with Gasteiger partial charge in [0.1, 0.15) is 0 Å². The minimum Gasteiger partial charge on any atom is -0.375 e. The molecule has 6 heteroatoms. The Balaban J connectivity index is 1.96. The Morgan fingerprint density at radius 3 is 2.50 bits per heavy atom. The van der Waals surface area contributed by atoms with E-state index in [-0.39, 0.29) is 11.7 Å². The van der Waals surface area contributed by atoms with E-state index in [1.54, 1.807) is 0 Å². The number of rotatable bonds is 4. The van der Waals surface area contributed by atoms with Crippen LogP contribution in [0.15, 0.2) is 30.3 Å². The summed E-state index contributed by atoms with van der Waals surface area (Å²) in [4.78, 5) is 12.9. The van der Waals surface area contributed by atoms with Crippen LogP contribution in [-0.2, 0) is 14.9 Å². The zero-order valence-electron chi connectivity index (χ0n) is 12.7. The fourth-order valence-corrected chi connectivity index (χ4v) is 5.75. The molecule has 120 valence electrons. The van der Waals surface area contributed by atoms with Gasteiger partial charge in [0.15, 0.2) is 5.78 Å². The summed E-state index contributed by atoms with van der Waals surface area (Å²) in [5.74, 6) is -0.493. The summed E-state index contributed by atoms with van der Waals surface area (Å²) in [6.07, 6.45) is 1.31. The molecule has 0 saturated heterocycles. The van der Waals surface area contributed by atoms with Gasteiger partial charge in [-0.15, -0.1) is 0 Å². The van der Waals surface area contributed by atoms with E-state index in [1.165, 1.54) is 0 Å². The van der Waals surface area contributed by atoms with Crippen molar-refractivity contribution < 1.29 is 17.8 Å². The van der Waals surface area contributed by atoms with Gasteiger partial charge in [0, 0.05) is 5.69 Å². The van der Waals surface area contributed by atoms with E-state index in [1.807, 2.05) is 44.2 Å². The van der Waals surface area contributed by atoms with Crippen LogP contribution in [0.5, 0.6) is 0 Å². The third-order valence-corrected chi connectivity index (χ3v) is 6.58. The van der Waals surface area contributed by atoms with Gasteiger partial charge in [-0.05, 0) is 36.3 Å². The Labute approximate surface area is 130 Å². The fraction of sp³-hybridized carbons (Fsp3) is 0.562. The molecule has 2 aliphatic rings. The molecule has 0 aromatic heterocycles. The summed E-state index contributed by atoms with van der Waals surface area (Å²) in [5, 5.41) is 3.26. The predicted octanol–water partition coefficient (Wildman–Crippen LogP) is 2.36. The highest BCUT2D eigenvalue weighted by Gasteiger charge is 2.69. The number of fused-ring (bicyclic) bond motifs is 2. The third-order valence-electron chi connectivity index (χ3n) is 5.72. The Bertz CT molecular complexity index is 698. The summed E-state index contributed by atoms with van der Waals surface area (Å²) >= 11 is 0. The normalized spacial score (nSPS) is 33.1. The lowest BCUT2D eigenvalue weighted by atomic mass is 9.70. The first-order valence-corrected chi connectivity index (χ1v) is 9.09. The van der Waals surface area contributed by atoms with Crippen LogP contribution in [0.3, 0.4) is 0 Å². The molecule has 0 radical (unpaired) electrons. The first-order chi connectivity index (χ1) is 10.2. The second-order valence-corrected chi connectivity index (χ2v) is 8.48. The topological polar surface area (TPSA) is 83.5 Å². The highest BCUT2D eigenvalue weighted by Crippen LogP contribution is 2.64. The molecule has 2 saturated carbocycles. The van der Waals surface area contributed by atoms with Gasteiger partial charge in [-0.3, -0.25) is 9.35 Å². The molecule has 3 rings (SSSR count). The number of carbonyl (C=O) groups excluding carboxylic acids is 1. The van der Waals surface area contributed by atoms with Crippen molar-refractivity contribution >= 4 is 21.6 Å². The lowest BCUT2D eigenvalue weighted by Crippen LogP contribution is -2.45. The molecule has 2 bridgehead atoms. The van der Waals surface area contributed by atoms with Gasteiger partial charge >= 0.3 is 0 Å². The van der Waals surface area contributed by atoms with Crippen molar-refractivity contribution in [1.29, 1.82) is 0 Å². The largest absolute Gasteiger partial charge is 0.375 e. The summed E-state index contributed by atoms with van der Waals surface area (Å²) in [6, 6.07) is 9.06. The Morgan fingerprint density at radius 2 is 1.91 bits per heavy atom. The van der Waals surface area contributed by atoms with Crippen molar-refractivity contribution in [2.45, 2.75) is 32.7 Å². The Hall–Kier alpha value is -1.40. The molecule has 1 aromatic carbocycles. The molecule has 5 nitrogen and oxygen atoms in total. The SMILES string of the molecule is CC1(C)C2CCC1(CS(=O)(=O)O)C(=O)C2Nc1ccccc1. The molecule has 1 aromatic rings. The predicted molar refractivity (Wildman–Crippen MR) is 84.2 cm³/mol. The minimum absolute atomic E-state index is 0.0713. The minimum atomic E-state index is -4.20. The van der Waals surface area contributed by atoms with Gasteiger partial charge < -0.3 is 5.32 Å². The van der Waals surface area contributed by atoms with Crippen molar-refractivity contribution in [2.24, 2.45) is 16.7 Å². The average molecular weight is 323 g/mol. The van der Waals surface area contributed by atoms with E-state index in [9.17, 15) is 17.8 Å². The van der Waals surface area contributed by atoms with E-state index in [0.29, 0.717) is 6.42 Å². The molecule has 0 spiro atoms. The molecular weight excluding hydrogens is 302 g/mol. The van der Waals surface area contributed by atoms with Gasteiger partial charge in [0.05, 0.1) is 17.2 Å². The molecule has 22 heavy (non-hydrogen) atoms. The van der Waals surface area contributed by atoms with Crippen LogP contribution in [0.1, 0.15) is 26.7 Å². The zero-order chi connectivity index (χ0) is 16.2. The zero-order valence-corrected chi connectivity index (χ0v) is 13.6. The number of hydrogen-bond donors (Lipinski definition) is 2. The molecule has 3 atom stereocenters. The number of nitrogens with one attached hydrogen (secondary N) is 1. The summed E-state index contributed by atoms with van der Waals surface area (Å²) in [7, 11) is -4.20. The standard InChI is InChI=1S/C16H21NO4S/c1-15(2)12-8-9-16(15,10-22(19,20)21)14(18)13(12)17-11-6-4-3-5-7-11/h3-7,12-13,17H,8-10H2,1-2H3,(H,19,20,21). The van der Waals surface area contributed by atoms with Crippen molar-refractivity contribution in [1.82, 2.24) is 0 Å². The first-order valence-electron chi connectivity index (χ1n) is 7.48. The molecule has 0 aliphatic heterocycles. The van der Waals surface area contributed by atoms with Crippen LogP contribution < -0.4 is 5.32 Å². The van der Waals surface area contributed by atoms with Gasteiger partial charge in [-0.1, -0.05) is 32.0 Å². The van der Waals surface area contributed by atoms with Gasteiger partial charge in [0.2, 0.25) is 0 Å². The number of Topliss-reactive ketones (excluding diaryl/α,β-unsaturated/α-hetero) is 1. The molecule has 2 N–H and O–H groups in total. The quantitative estimate of drug-likeness (QED) is 0.831. The fourth-order valence-electron chi connectivity index (χ4n) is 4.47. The molecule has 0 amide bonds. The van der Waals surface area contributed by atoms with Gasteiger partial charge in [-0.2, -0.15) is 8.42 Å². The van der Waals surface area contributed by atoms with E-state index in [0.717, 1.165) is 12.1 Å². The summed E-state index contributed by atoms with van der Waals surface area (Å²) in [5.41, 5.74) is -0.587. The van der Waals surface area contributed by atoms with E-state index in [4.69, 9.17) is 0 Å². The highest BCUT2D eigenvalue weighted by atomic mass is 32.2. The van der Waals surface area contributed by atoms with Crippen LogP contribution in [0.4, 0.5) is 5.69 Å². The van der Waals surface area contributed by atoms with Crippen LogP contribution in [0, 0.1) is 16.7 Å². The maximum absolute atomic E-state index is 12.9. The van der Waals surface area contributed by atoms with Crippen molar-refractivity contribution in [3.63, 3.8) is 0 Å². The molecule has 3 unspecified atom stereocenters. The highest BCUT2D eigenvalue weighted by molar-refractivity contribution is 7.85. The molecule has 2 aliphatic carbocycles. The van der Waals surface area contributed by atoms with E-state index >= 15 is 0 Å². The van der Waals surface area contributed by atoms with Crippen LogP contribution in [0.25, 0.3) is 0 Å². The maximum Gasteiger partial charge on any atom is 0.265 e. The number of benzene rings is 1. The van der Waals surface area contributed by atoms with Gasteiger partial charge in [-0.25, -0.2) is 0 Å². The molecule has 2 fully saturated rings. The second kappa shape index (κ2) is 4.80. The molecular formula is C16H21NO4S. The summed E-state index contributed by atoms with van der Waals surface area (Å²) in [6.45, 7) is 3.89. The van der Waals surface area contributed by atoms with Crippen LogP contribution in [0.2, 0.25) is 0 Å². The van der Waals surface area contributed by atoms with Crippen molar-refractivity contribution in [2.75, 3.05) is 11.1 Å². The monoisotopic (exact) mass is 323 g/mol. The first kappa shape index (κ1) is 15.5. The van der Waals surface area contributed by atoms with E-state index < -0.39 is 32.7 Å². The number of para-hydroxylation sites is 1. The number of anilines is 1. The van der Waals surface area contributed by atoms with Crippen LogP contribution >= 0.6 is 0 Å². The lowest BCUT2D eigenvalue weighted by molar-refractivity contribution is -0.128. The van der Waals surface area contributed by atoms with Crippen molar-refractivity contribution in [3.8, 4) is 0 Å². The smallest absolute Gasteiger partial charge is 0.265 e. The second-order valence-electron chi connectivity index (χ2n) is 7.03. The lowest BCUT2D eigenvalue weighted by Gasteiger charge is -2.34. The van der Waals surface area contributed by atoms with Crippen molar-refractivity contribution in [3.05, 3.63) is 30.3 Å². The maximum atomic E-state index is 12.9. The summed E-state index contributed by atoms with van der Waals surface area (Å²) < 4.78 is 32.2. The van der Waals surface area contributed by atoms with E-state index in [2.05, 4.69) is 5.32 Å². The Morgan fingerprint density at radius 1 is 1.27 bits per heavy atom. The third kappa shape index (κ3) is 2.16. The van der Waals surface area contributed by atoms with Crippen LogP contribution in [-0.4, -0.2) is 30.5 Å². The average Bonchev–Trinajstić information content (AvgIpc) is 2.73. The number of hydrogen-bond acceptors (Lipinski definition) is 4. The van der Waals surface area contributed by atoms with Gasteiger partial charge in [0.25, 0.3) is 10.1 Å². The number of ketones is 1. The Kier molecular flexibility index (Phi) is 3.38.